The first-order valence-corrected chi connectivity index (χ1v) is 6.42. The summed E-state index contributed by atoms with van der Waals surface area (Å²) in [6.07, 6.45) is 6.07. The number of nitrogens with zero attached hydrogens (tertiary/aromatic N) is 3. The van der Waals surface area contributed by atoms with Crippen LogP contribution in [0.2, 0.25) is 0 Å². The second-order valence-electron chi connectivity index (χ2n) is 4.77. The molecule has 2 rings (SSSR count). The van der Waals surface area contributed by atoms with E-state index >= 15 is 0 Å². The van der Waals surface area contributed by atoms with Crippen molar-refractivity contribution >= 4 is 11.8 Å². The third kappa shape index (κ3) is 3.08. The van der Waals surface area contributed by atoms with E-state index in [1.54, 1.807) is 6.20 Å². The maximum atomic E-state index is 9.10. The SMILES string of the molecule is Nc1ncc(CN2CCCCC2CCO)c(N)n1. The molecule has 0 radical (unpaired) electrons. The highest BCUT2D eigenvalue weighted by Gasteiger charge is 2.22. The molecule has 6 heteroatoms. The molecule has 0 spiro atoms. The average molecular weight is 251 g/mol. The number of hydrogen-bond donors (Lipinski definition) is 3. The van der Waals surface area contributed by atoms with Gasteiger partial charge in [-0.3, -0.25) is 4.90 Å². The number of likely N-dealkylation sites (tertiary alicyclic amines) is 1. The lowest BCUT2D eigenvalue weighted by molar-refractivity contribution is 0.112. The first-order chi connectivity index (χ1) is 8.70. The van der Waals surface area contributed by atoms with Crippen molar-refractivity contribution in [3.05, 3.63) is 11.8 Å². The molecule has 0 bridgehead atoms. The number of anilines is 2. The Morgan fingerprint density at radius 3 is 2.94 bits per heavy atom. The third-order valence-electron chi connectivity index (χ3n) is 3.50. The normalized spacial score (nSPS) is 21.1. The van der Waals surface area contributed by atoms with Crippen molar-refractivity contribution in [1.29, 1.82) is 0 Å². The molecule has 0 amide bonds. The van der Waals surface area contributed by atoms with Gasteiger partial charge in [0.25, 0.3) is 0 Å². The Balaban J connectivity index is 2.06. The van der Waals surface area contributed by atoms with E-state index in [9.17, 15) is 0 Å². The fourth-order valence-electron chi connectivity index (χ4n) is 2.52. The molecule has 1 aliphatic rings. The summed E-state index contributed by atoms with van der Waals surface area (Å²) in [4.78, 5) is 10.3. The van der Waals surface area contributed by atoms with E-state index in [0.29, 0.717) is 11.9 Å². The van der Waals surface area contributed by atoms with Crippen LogP contribution in [0.4, 0.5) is 11.8 Å². The summed E-state index contributed by atoms with van der Waals surface area (Å²) in [6, 6.07) is 0.431. The number of aromatic nitrogens is 2. The molecule has 1 saturated heterocycles. The third-order valence-corrected chi connectivity index (χ3v) is 3.50. The molecule has 1 aromatic rings. The van der Waals surface area contributed by atoms with Gasteiger partial charge in [0.1, 0.15) is 5.82 Å². The lowest BCUT2D eigenvalue weighted by Crippen LogP contribution is -2.39. The largest absolute Gasteiger partial charge is 0.396 e. The van der Waals surface area contributed by atoms with E-state index in [0.717, 1.165) is 31.5 Å². The minimum atomic E-state index is 0.210. The zero-order chi connectivity index (χ0) is 13.0. The van der Waals surface area contributed by atoms with Gasteiger partial charge in [-0.25, -0.2) is 4.98 Å². The van der Waals surface area contributed by atoms with Crippen LogP contribution in [0.5, 0.6) is 0 Å². The molecule has 1 atom stereocenters. The van der Waals surface area contributed by atoms with E-state index in [-0.39, 0.29) is 12.6 Å². The highest BCUT2D eigenvalue weighted by Crippen LogP contribution is 2.23. The summed E-state index contributed by atoms with van der Waals surface area (Å²) in [5.74, 6) is 0.664. The second kappa shape index (κ2) is 5.97. The van der Waals surface area contributed by atoms with Crippen molar-refractivity contribution in [2.24, 2.45) is 0 Å². The van der Waals surface area contributed by atoms with Crippen LogP contribution >= 0.6 is 0 Å². The first-order valence-electron chi connectivity index (χ1n) is 6.42. The van der Waals surface area contributed by atoms with Crippen LogP contribution < -0.4 is 11.5 Å². The summed E-state index contributed by atoms with van der Waals surface area (Å²) in [6.45, 7) is 2.00. The van der Waals surface area contributed by atoms with Crippen LogP contribution in [-0.2, 0) is 6.54 Å². The van der Waals surface area contributed by atoms with Crippen LogP contribution in [0.1, 0.15) is 31.2 Å². The molecular formula is C12H21N5O. The van der Waals surface area contributed by atoms with Crippen LogP contribution in [0.15, 0.2) is 6.20 Å². The first kappa shape index (κ1) is 13.0. The van der Waals surface area contributed by atoms with Gasteiger partial charge < -0.3 is 16.6 Å². The average Bonchev–Trinajstić information content (AvgIpc) is 2.35. The van der Waals surface area contributed by atoms with Gasteiger partial charge in [-0.05, 0) is 25.8 Å². The molecule has 5 N–H and O–H groups in total. The molecule has 0 aliphatic carbocycles. The molecule has 1 unspecified atom stereocenters. The zero-order valence-electron chi connectivity index (χ0n) is 10.5. The maximum Gasteiger partial charge on any atom is 0.221 e. The Hall–Kier alpha value is -1.40. The number of nitrogens with two attached hydrogens (primary N) is 2. The summed E-state index contributed by atoms with van der Waals surface area (Å²) in [7, 11) is 0. The van der Waals surface area contributed by atoms with Gasteiger partial charge in [-0.15, -0.1) is 0 Å². The minimum Gasteiger partial charge on any atom is -0.396 e. The van der Waals surface area contributed by atoms with Crippen molar-refractivity contribution < 1.29 is 5.11 Å². The molecule has 2 heterocycles. The van der Waals surface area contributed by atoms with Crippen LogP contribution in [0.3, 0.4) is 0 Å². The molecule has 18 heavy (non-hydrogen) atoms. The molecule has 0 saturated carbocycles. The quantitative estimate of drug-likeness (QED) is 0.715. The Labute approximate surface area is 107 Å². The van der Waals surface area contributed by atoms with Crippen LogP contribution in [0.25, 0.3) is 0 Å². The lowest BCUT2D eigenvalue weighted by atomic mass is 9.99. The lowest BCUT2D eigenvalue weighted by Gasteiger charge is -2.35. The zero-order valence-corrected chi connectivity index (χ0v) is 10.5. The van der Waals surface area contributed by atoms with Gasteiger partial charge in [0.15, 0.2) is 0 Å². The number of piperidine rings is 1. The Bertz CT molecular complexity index is 396. The standard InChI is InChI=1S/C12H21N5O/c13-11-9(7-15-12(14)16-11)8-17-5-2-1-3-10(17)4-6-18/h7,10,18H,1-6,8H2,(H4,13,14,15,16). The highest BCUT2D eigenvalue weighted by atomic mass is 16.3. The summed E-state index contributed by atoms with van der Waals surface area (Å²) in [5.41, 5.74) is 12.2. The van der Waals surface area contributed by atoms with E-state index in [1.165, 1.54) is 12.8 Å². The fourth-order valence-corrected chi connectivity index (χ4v) is 2.52. The van der Waals surface area contributed by atoms with Crippen LogP contribution in [-0.4, -0.2) is 39.2 Å². The summed E-state index contributed by atoms with van der Waals surface area (Å²) in [5, 5.41) is 9.10. The van der Waals surface area contributed by atoms with E-state index < -0.39 is 0 Å². The van der Waals surface area contributed by atoms with Crippen LogP contribution in [0, 0.1) is 0 Å². The van der Waals surface area contributed by atoms with Gasteiger partial charge >= 0.3 is 0 Å². The van der Waals surface area contributed by atoms with Crippen molar-refractivity contribution in [2.45, 2.75) is 38.3 Å². The molecule has 6 nitrogen and oxygen atoms in total. The van der Waals surface area contributed by atoms with Gasteiger partial charge in [-0.1, -0.05) is 6.42 Å². The molecule has 1 aliphatic heterocycles. The predicted octanol–water partition coefficient (Wildman–Crippen LogP) is 0.378. The van der Waals surface area contributed by atoms with Crippen molar-refractivity contribution in [1.82, 2.24) is 14.9 Å². The number of aliphatic hydroxyl groups excluding tert-OH is 1. The fraction of sp³-hybridized carbons (Fsp3) is 0.667. The molecule has 1 aromatic heterocycles. The van der Waals surface area contributed by atoms with Gasteiger partial charge in [0, 0.05) is 31.0 Å². The Kier molecular flexibility index (Phi) is 4.33. The molecule has 100 valence electrons. The number of nitrogen functional groups attached to an aromatic ring is 2. The highest BCUT2D eigenvalue weighted by molar-refractivity contribution is 5.41. The van der Waals surface area contributed by atoms with Crippen molar-refractivity contribution in [3.63, 3.8) is 0 Å². The van der Waals surface area contributed by atoms with Crippen molar-refractivity contribution in [2.75, 3.05) is 24.6 Å². The topological polar surface area (TPSA) is 101 Å². The summed E-state index contributed by atoms with van der Waals surface area (Å²) >= 11 is 0. The summed E-state index contributed by atoms with van der Waals surface area (Å²) < 4.78 is 0. The Morgan fingerprint density at radius 1 is 1.39 bits per heavy atom. The monoisotopic (exact) mass is 251 g/mol. The Morgan fingerprint density at radius 2 is 2.22 bits per heavy atom. The van der Waals surface area contributed by atoms with Gasteiger partial charge in [0.05, 0.1) is 0 Å². The molecule has 0 aromatic carbocycles. The maximum absolute atomic E-state index is 9.10. The van der Waals surface area contributed by atoms with Crippen molar-refractivity contribution in [3.8, 4) is 0 Å². The predicted molar refractivity (Wildman–Crippen MR) is 70.6 cm³/mol. The smallest absolute Gasteiger partial charge is 0.221 e. The number of rotatable bonds is 4. The van der Waals surface area contributed by atoms with Gasteiger partial charge in [-0.2, -0.15) is 4.98 Å². The van der Waals surface area contributed by atoms with E-state index in [1.807, 2.05) is 0 Å². The van der Waals surface area contributed by atoms with Gasteiger partial charge in [0.2, 0.25) is 5.95 Å². The van der Waals surface area contributed by atoms with E-state index in [4.69, 9.17) is 16.6 Å². The minimum absolute atomic E-state index is 0.210. The molecular weight excluding hydrogens is 230 g/mol. The van der Waals surface area contributed by atoms with E-state index in [2.05, 4.69) is 14.9 Å². The second-order valence-corrected chi connectivity index (χ2v) is 4.77. The number of hydrogen-bond acceptors (Lipinski definition) is 6. The number of aliphatic hydroxyl groups is 1. The molecule has 1 fully saturated rings.